The standard InChI is InChI=1S/C17H26N2/c1-13-7-8-17(12-18,14(2)9-13)19-10-15-5-3-4-6-16(15)11-19/h3-6,13-14H,7-12,18H2,1-2H3. The van der Waals surface area contributed by atoms with Gasteiger partial charge in [0.05, 0.1) is 0 Å². The van der Waals surface area contributed by atoms with E-state index in [1.165, 1.54) is 30.4 Å². The van der Waals surface area contributed by atoms with E-state index in [0.717, 1.165) is 25.6 Å². The Hall–Kier alpha value is -0.860. The van der Waals surface area contributed by atoms with Gasteiger partial charge in [0.15, 0.2) is 0 Å². The van der Waals surface area contributed by atoms with Crippen molar-refractivity contribution in [2.75, 3.05) is 6.54 Å². The number of fused-ring (bicyclic) bond motifs is 1. The van der Waals surface area contributed by atoms with Crippen LogP contribution in [0.2, 0.25) is 0 Å². The molecule has 1 aliphatic heterocycles. The molecule has 0 aromatic heterocycles. The van der Waals surface area contributed by atoms with E-state index >= 15 is 0 Å². The van der Waals surface area contributed by atoms with E-state index in [-0.39, 0.29) is 5.54 Å². The molecule has 2 N–H and O–H groups in total. The SMILES string of the molecule is CC1CCC(CN)(N2Cc3ccccc3C2)C(C)C1. The first-order chi connectivity index (χ1) is 9.15. The second kappa shape index (κ2) is 4.92. The molecule has 1 aromatic rings. The van der Waals surface area contributed by atoms with E-state index in [4.69, 9.17) is 5.73 Å². The third kappa shape index (κ3) is 2.11. The second-order valence-electron chi connectivity index (χ2n) is 6.71. The number of benzene rings is 1. The van der Waals surface area contributed by atoms with Crippen molar-refractivity contribution in [2.24, 2.45) is 17.6 Å². The van der Waals surface area contributed by atoms with Crippen LogP contribution in [0.25, 0.3) is 0 Å². The lowest BCUT2D eigenvalue weighted by Crippen LogP contribution is -2.58. The summed E-state index contributed by atoms with van der Waals surface area (Å²) in [6.45, 7) is 7.77. The summed E-state index contributed by atoms with van der Waals surface area (Å²) in [5.41, 5.74) is 9.48. The van der Waals surface area contributed by atoms with E-state index < -0.39 is 0 Å². The van der Waals surface area contributed by atoms with E-state index in [2.05, 4.69) is 43.0 Å². The summed E-state index contributed by atoms with van der Waals surface area (Å²) in [5, 5.41) is 0. The molecule has 1 saturated carbocycles. The van der Waals surface area contributed by atoms with Gasteiger partial charge in [-0.3, -0.25) is 4.90 Å². The van der Waals surface area contributed by atoms with Gasteiger partial charge in [0.2, 0.25) is 0 Å². The van der Waals surface area contributed by atoms with Gasteiger partial charge in [-0.15, -0.1) is 0 Å². The summed E-state index contributed by atoms with van der Waals surface area (Å²) < 4.78 is 0. The molecule has 1 heterocycles. The van der Waals surface area contributed by atoms with E-state index in [0.29, 0.717) is 5.92 Å². The second-order valence-corrected chi connectivity index (χ2v) is 6.71. The fourth-order valence-corrected chi connectivity index (χ4v) is 4.23. The highest BCUT2D eigenvalue weighted by Crippen LogP contribution is 2.43. The quantitative estimate of drug-likeness (QED) is 0.883. The van der Waals surface area contributed by atoms with Gasteiger partial charge >= 0.3 is 0 Å². The Balaban J connectivity index is 1.85. The van der Waals surface area contributed by atoms with Crippen molar-refractivity contribution in [2.45, 2.75) is 51.7 Å². The fraction of sp³-hybridized carbons (Fsp3) is 0.647. The van der Waals surface area contributed by atoms with Crippen LogP contribution >= 0.6 is 0 Å². The fourth-order valence-electron chi connectivity index (χ4n) is 4.23. The van der Waals surface area contributed by atoms with Crippen molar-refractivity contribution in [3.05, 3.63) is 35.4 Å². The summed E-state index contributed by atoms with van der Waals surface area (Å²) >= 11 is 0. The Kier molecular flexibility index (Phi) is 3.40. The first-order valence-electron chi connectivity index (χ1n) is 7.67. The van der Waals surface area contributed by atoms with Crippen LogP contribution < -0.4 is 5.73 Å². The van der Waals surface area contributed by atoms with Crippen LogP contribution in [0, 0.1) is 11.8 Å². The van der Waals surface area contributed by atoms with E-state index in [1.54, 1.807) is 0 Å². The lowest BCUT2D eigenvalue weighted by atomic mass is 9.69. The van der Waals surface area contributed by atoms with Crippen molar-refractivity contribution in [3.8, 4) is 0 Å². The van der Waals surface area contributed by atoms with Crippen molar-refractivity contribution in [1.82, 2.24) is 4.90 Å². The smallest absolute Gasteiger partial charge is 0.0364 e. The van der Waals surface area contributed by atoms with Gasteiger partial charge in [-0.2, -0.15) is 0 Å². The summed E-state index contributed by atoms with van der Waals surface area (Å²) in [7, 11) is 0. The van der Waals surface area contributed by atoms with Gasteiger partial charge in [0, 0.05) is 25.2 Å². The van der Waals surface area contributed by atoms with Crippen molar-refractivity contribution in [3.63, 3.8) is 0 Å². The van der Waals surface area contributed by atoms with Crippen molar-refractivity contribution < 1.29 is 0 Å². The first-order valence-corrected chi connectivity index (χ1v) is 7.67. The minimum absolute atomic E-state index is 0.228. The monoisotopic (exact) mass is 258 g/mol. The van der Waals surface area contributed by atoms with Gasteiger partial charge in [0.25, 0.3) is 0 Å². The maximum absolute atomic E-state index is 6.25. The highest BCUT2D eigenvalue weighted by molar-refractivity contribution is 5.31. The molecule has 3 rings (SSSR count). The maximum Gasteiger partial charge on any atom is 0.0364 e. The number of hydrogen-bond donors (Lipinski definition) is 1. The zero-order chi connectivity index (χ0) is 13.5. The van der Waals surface area contributed by atoms with Gasteiger partial charge in [-0.25, -0.2) is 0 Å². The summed E-state index contributed by atoms with van der Waals surface area (Å²) in [6.07, 6.45) is 3.91. The number of rotatable bonds is 2. The molecule has 2 heteroatoms. The Morgan fingerprint density at radius 2 is 1.84 bits per heavy atom. The van der Waals surface area contributed by atoms with E-state index in [9.17, 15) is 0 Å². The first kappa shape index (κ1) is 13.1. The average molecular weight is 258 g/mol. The van der Waals surface area contributed by atoms with Crippen LogP contribution in [0.15, 0.2) is 24.3 Å². The van der Waals surface area contributed by atoms with Gasteiger partial charge in [0.1, 0.15) is 0 Å². The largest absolute Gasteiger partial charge is 0.329 e. The van der Waals surface area contributed by atoms with Gasteiger partial charge < -0.3 is 5.73 Å². The normalized spacial score (nSPS) is 35.3. The van der Waals surface area contributed by atoms with Crippen molar-refractivity contribution in [1.29, 1.82) is 0 Å². The number of nitrogens with zero attached hydrogens (tertiary/aromatic N) is 1. The maximum atomic E-state index is 6.25. The molecule has 1 fully saturated rings. The van der Waals surface area contributed by atoms with E-state index in [1.807, 2.05) is 0 Å². The third-order valence-corrected chi connectivity index (χ3v) is 5.57. The Labute approximate surface area is 117 Å². The minimum atomic E-state index is 0.228. The van der Waals surface area contributed by atoms with Gasteiger partial charge in [-0.1, -0.05) is 38.1 Å². The molecular weight excluding hydrogens is 232 g/mol. The zero-order valence-corrected chi connectivity index (χ0v) is 12.2. The average Bonchev–Trinajstić information content (AvgIpc) is 2.83. The molecule has 0 bridgehead atoms. The molecule has 0 amide bonds. The molecule has 104 valence electrons. The zero-order valence-electron chi connectivity index (χ0n) is 12.2. The molecule has 19 heavy (non-hydrogen) atoms. The Morgan fingerprint density at radius 3 is 2.37 bits per heavy atom. The highest BCUT2D eigenvalue weighted by Gasteiger charge is 2.45. The highest BCUT2D eigenvalue weighted by atomic mass is 15.2. The lowest BCUT2D eigenvalue weighted by molar-refractivity contribution is -0.00376. The molecule has 1 aliphatic carbocycles. The summed E-state index contributed by atoms with van der Waals surface area (Å²) in [4.78, 5) is 2.66. The molecule has 0 saturated heterocycles. The van der Waals surface area contributed by atoms with Crippen LogP contribution in [0.3, 0.4) is 0 Å². The Bertz CT molecular complexity index is 431. The topological polar surface area (TPSA) is 29.3 Å². The molecule has 3 atom stereocenters. The van der Waals surface area contributed by atoms with Crippen molar-refractivity contribution >= 4 is 0 Å². The van der Waals surface area contributed by atoms with Crippen LogP contribution in [0.4, 0.5) is 0 Å². The molecule has 1 aromatic carbocycles. The predicted molar refractivity (Wildman–Crippen MR) is 79.7 cm³/mol. The summed E-state index contributed by atoms with van der Waals surface area (Å²) in [6, 6.07) is 8.86. The molecule has 0 radical (unpaired) electrons. The van der Waals surface area contributed by atoms with Crippen LogP contribution in [-0.2, 0) is 13.1 Å². The number of nitrogens with two attached hydrogens (primary N) is 1. The van der Waals surface area contributed by atoms with Crippen LogP contribution in [0.1, 0.15) is 44.2 Å². The molecule has 3 unspecified atom stereocenters. The lowest BCUT2D eigenvalue weighted by Gasteiger charge is -2.50. The predicted octanol–water partition coefficient (Wildman–Crippen LogP) is 3.16. The third-order valence-electron chi connectivity index (χ3n) is 5.57. The molecule has 2 aliphatic rings. The molecule has 2 nitrogen and oxygen atoms in total. The Morgan fingerprint density at radius 1 is 1.21 bits per heavy atom. The summed E-state index contributed by atoms with van der Waals surface area (Å²) in [5.74, 6) is 1.57. The van der Waals surface area contributed by atoms with Crippen LogP contribution in [-0.4, -0.2) is 17.0 Å². The van der Waals surface area contributed by atoms with Crippen LogP contribution in [0.5, 0.6) is 0 Å². The van der Waals surface area contributed by atoms with Gasteiger partial charge in [-0.05, 0) is 42.2 Å². The minimum Gasteiger partial charge on any atom is -0.329 e. The number of hydrogen-bond acceptors (Lipinski definition) is 2. The molecular formula is C17H26N2. The molecule has 0 spiro atoms.